The van der Waals surface area contributed by atoms with Crippen molar-refractivity contribution in [2.45, 2.75) is 56.8 Å². The highest BCUT2D eigenvalue weighted by Crippen LogP contribution is 2.46. The van der Waals surface area contributed by atoms with Gasteiger partial charge in [0.15, 0.2) is 0 Å². The van der Waals surface area contributed by atoms with E-state index in [9.17, 15) is 15.0 Å². The lowest BCUT2D eigenvalue weighted by molar-refractivity contribution is -0.0229. The maximum Gasteiger partial charge on any atom is 0.200 e. The number of rotatable bonds is 4. The normalized spacial score (nSPS) is 21.9. The summed E-state index contributed by atoms with van der Waals surface area (Å²) in [4.78, 5) is 13.9. The highest BCUT2D eigenvalue weighted by atomic mass is 16.5. The fourth-order valence-corrected chi connectivity index (χ4v) is 4.97. The average molecular weight is 453 g/mol. The van der Waals surface area contributed by atoms with Gasteiger partial charge in [-0.05, 0) is 44.4 Å². The van der Waals surface area contributed by atoms with E-state index < -0.39 is 17.8 Å². The van der Waals surface area contributed by atoms with Crippen LogP contribution in [0.1, 0.15) is 61.2 Å². The molecule has 0 spiro atoms. The Morgan fingerprint density at radius 1 is 1.18 bits per heavy atom. The molecule has 0 saturated carbocycles. The Balaban J connectivity index is 1.72. The first-order valence-electron chi connectivity index (χ1n) is 11.0. The third-order valence-corrected chi connectivity index (χ3v) is 6.74. The summed E-state index contributed by atoms with van der Waals surface area (Å²) in [5.41, 5.74) is 3.63. The van der Waals surface area contributed by atoms with Crippen LogP contribution in [0.3, 0.4) is 0 Å². The van der Waals surface area contributed by atoms with E-state index in [1.54, 1.807) is 32.0 Å². The van der Waals surface area contributed by atoms with Crippen molar-refractivity contribution in [1.82, 2.24) is 0 Å². The lowest BCUT2D eigenvalue weighted by atomic mass is 9.79. The molecule has 0 fully saturated rings. The van der Waals surface area contributed by atoms with Gasteiger partial charge in [-0.25, -0.2) is 0 Å². The first-order valence-corrected chi connectivity index (χ1v) is 11.0. The lowest BCUT2D eigenvalue weighted by Crippen LogP contribution is -2.39. The van der Waals surface area contributed by atoms with Crippen molar-refractivity contribution >= 4 is 16.7 Å². The number of fused-ring (bicyclic) bond motifs is 3. The zero-order valence-corrected chi connectivity index (χ0v) is 18.7. The van der Waals surface area contributed by atoms with E-state index in [2.05, 4.69) is 5.48 Å². The van der Waals surface area contributed by atoms with Crippen LogP contribution >= 0.6 is 0 Å². The summed E-state index contributed by atoms with van der Waals surface area (Å²) < 4.78 is 17.8. The molecule has 0 saturated heterocycles. The number of aliphatic hydroxyl groups excluding tert-OH is 1. The van der Waals surface area contributed by atoms with E-state index in [1.165, 1.54) is 7.11 Å². The summed E-state index contributed by atoms with van der Waals surface area (Å²) >= 11 is 0. The van der Waals surface area contributed by atoms with Crippen LogP contribution in [-0.2, 0) is 6.42 Å². The minimum absolute atomic E-state index is 0.245. The van der Waals surface area contributed by atoms with E-state index in [0.717, 1.165) is 11.1 Å². The molecule has 5 rings (SSSR count). The number of methoxy groups -OCH3 is 1. The molecule has 8 nitrogen and oxygen atoms in total. The van der Waals surface area contributed by atoms with E-state index >= 15 is 0 Å². The largest absolute Gasteiger partial charge is 0.495 e. The van der Waals surface area contributed by atoms with Crippen LogP contribution in [-0.4, -0.2) is 34.2 Å². The molecule has 2 aromatic carbocycles. The average Bonchev–Trinajstić information content (AvgIpc) is 3.23. The van der Waals surface area contributed by atoms with Gasteiger partial charge in [-0.2, -0.15) is 0 Å². The minimum atomic E-state index is -1.08. The van der Waals surface area contributed by atoms with Crippen LogP contribution in [0, 0.1) is 0 Å². The van der Waals surface area contributed by atoms with Gasteiger partial charge < -0.3 is 24.1 Å². The zero-order valence-electron chi connectivity index (χ0n) is 18.7. The van der Waals surface area contributed by atoms with Gasteiger partial charge in [0.05, 0.1) is 18.4 Å². The number of benzene rings is 2. The number of anilines is 1. The maximum atomic E-state index is 13.9. The van der Waals surface area contributed by atoms with Crippen molar-refractivity contribution < 1.29 is 29.3 Å². The second-order valence-electron chi connectivity index (χ2n) is 9.31. The Hall–Kier alpha value is -3.07. The van der Waals surface area contributed by atoms with Gasteiger partial charge in [-0.15, -0.1) is 0 Å². The van der Waals surface area contributed by atoms with Crippen LogP contribution in [0.15, 0.2) is 39.5 Å². The van der Waals surface area contributed by atoms with Gasteiger partial charge in [-0.3, -0.25) is 15.5 Å². The monoisotopic (exact) mass is 453 g/mol. The zero-order chi connectivity index (χ0) is 23.5. The summed E-state index contributed by atoms with van der Waals surface area (Å²) in [7, 11) is 1.50. The molecule has 3 aromatic rings. The first kappa shape index (κ1) is 21.8. The Labute approximate surface area is 190 Å². The Morgan fingerprint density at radius 2 is 1.91 bits per heavy atom. The number of hydrogen-bond donors (Lipinski definition) is 4. The number of nitrogens with one attached hydrogen (secondary N) is 1. The molecule has 1 aliphatic heterocycles. The Morgan fingerprint density at radius 3 is 2.55 bits per heavy atom. The fourth-order valence-electron chi connectivity index (χ4n) is 4.97. The molecule has 0 bridgehead atoms. The van der Waals surface area contributed by atoms with E-state index in [0.29, 0.717) is 47.4 Å². The molecule has 33 heavy (non-hydrogen) atoms. The van der Waals surface area contributed by atoms with Crippen molar-refractivity contribution in [1.29, 1.82) is 0 Å². The SMILES string of the molecule is COc1c2c(cc3oc4c(c(=O)c13)[C@H](c1ccc(NO)cc1)CC[C@@H]4O)O[C@H](C(C)(C)O)C2. The summed E-state index contributed by atoms with van der Waals surface area (Å²) in [6, 6.07) is 8.79. The van der Waals surface area contributed by atoms with Crippen molar-refractivity contribution in [2.24, 2.45) is 0 Å². The van der Waals surface area contributed by atoms with Crippen molar-refractivity contribution in [3.8, 4) is 11.5 Å². The van der Waals surface area contributed by atoms with Crippen LogP contribution in [0.25, 0.3) is 11.0 Å². The minimum Gasteiger partial charge on any atom is -0.495 e. The predicted molar refractivity (Wildman–Crippen MR) is 121 cm³/mol. The van der Waals surface area contributed by atoms with Crippen LogP contribution < -0.4 is 20.4 Å². The summed E-state index contributed by atoms with van der Waals surface area (Å²) in [6.45, 7) is 3.35. The molecule has 8 heteroatoms. The molecule has 0 amide bonds. The lowest BCUT2D eigenvalue weighted by Gasteiger charge is -2.28. The maximum absolute atomic E-state index is 13.9. The van der Waals surface area contributed by atoms with E-state index in [-0.39, 0.29) is 22.7 Å². The van der Waals surface area contributed by atoms with E-state index in [4.69, 9.17) is 19.1 Å². The molecule has 0 radical (unpaired) electrons. The molecule has 3 atom stereocenters. The smallest absolute Gasteiger partial charge is 0.200 e. The van der Waals surface area contributed by atoms with E-state index in [1.807, 2.05) is 12.1 Å². The molecule has 2 aliphatic rings. The van der Waals surface area contributed by atoms with Crippen LogP contribution in [0.5, 0.6) is 11.5 Å². The summed E-state index contributed by atoms with van der Waals surface area (Å²) in [6.07, 6.45) is 0.0469. The number of hydrogen-bond acceptors (Lipinski definition) is 8. The molecule has 1 aliphatic carbocycles. The quantitative estimate of drug-likeness (QED) is 0.442. The second-order valence-corrected chi connectivity index (χ2v) is 9.31. The summed E-state index contributed by atoms with van der Waals surface area (Å²) in [5, 5.41) is 30.6. The molecule has 174 valence electrons. The van der Waals surface area contributed by atoms with Gasteiger partial charge >= 0.3 is 0 Å². The van der Waals surface area contributed by atoms with Crippen molar-refractivity contribution in [2.75, 3.05) is 12.6 Å². The highest BCUT2D eigenvalue weighted by molar-refractivity contribution is 5.88. The number of ether oxygens (including phenoxy) is 2. The molecular weight excluding hydrogens is 426 g/mol. The number of aliphatic hydroxyl groups is 2. The topological polar surface area (TPSA) is 121 Å². The second kappa shape index (κ2) is 7.76. The Kier molecular flexibility index (Phi) is 5.12. The van der Waals surface area contributed by atoms with Gasteiger partial charge in [-0.1, -0.05) is 12.1 Å². The van der Waals surface area contributed by atoms with Crippen molar-refractivity contribution in [3.63, 3.8) is 0 Å². The van der Waals surface area contributed by atoms with Crippen molar-refractivity contribution in [3.05, 3.63) is 63.0 Å². The van der Waals surface area contributed by atoms with Gasteiger partial charge in [0.25, 0.3) is 0 Å². The Bertz CT molecular complexity index is 1270. The van der Waals surface area contributed by atoms with Gasteiger partial charge in [0.1, 0.15) is 40.4 Å². The highest BCUT2D eigenvalue weighted by Gasteiger charge is 2.39. The third kappa shape index (κ3) is 3.45. The standard InChI is InChI=1S/C25H27NO7/c1-25(2,29)19-10-15-17(32-19)11-18-21(23(15)31-3)22(28)20-14(8-9-16(27)24(20)33-18)12-4-6-13(26-30)7-5-12/h4-7,11,14,16,19,26-27,29-30H,8-10H2,1-3H3/t14-,16-,19-/m0/s1. The summed E-state index contributed by atoms with van der Waals surface area (Å²) in [5.74, 6) is 0.871. The molecule has 1 aromatic heterocycles. The fraction of sp³-hybridized carbons (Fsp3) is 0.400. The molecule has 2 heterocycles. The molecule has 0 unspecified atom stereocenters. The molecular formula is C25H27NO7. The van der Waals surface area contributed by atoms with Gasteiger partial charge in [0, 0.05) is 29.5 Å². The van der Waals surface area contributed by atoms with Gasteiger partial charge in [0.2, 0.25) is 5.43 Å². The molecule has 4 N–H and O–H groups in total. The first-order chi connectivity index (χ1) is 15.7. The van der Waals surface area contributed by atoms with Crippen LogP contribution in [0.4, 0.5) is 5.69 Å². The van der Waals surface area contributed by atoms with Crippen LogP contribution in [0.2, 0.25) is 0 Å². The third-order valence-electron chi connectivity index (χ3n) is 6.74. The predicted octanol–water partition coefficient (Wildman–Crippen LogP) is 3.64.